The van der Waals surface area contributed by atoms with Crippen molar-refractivity contribution in [3.05, 3.63) is 33.9 Å². The third kappa shape index (κ3) is 2.43. The van der Waals surface area contributed by atoms with Crippen LogP contribution in [0.25, 0.3) is 0 Å². The molecule has 80 valence electrons. The largest absolute Gasteiger partial charge is 0.502 e. The first-order chi connectivity index (χ1) is 7.06. The number of rotatable bonds is 3. The normalized spacial score (nSPS) is 9.67. The highest BCUT2D eigenvalue weighted by Crippen LogP contribution is 2.26. The van der Waals surface area contributed by atoms with E-state index in [0.717, 1.165) is 12.1 Å². The van der Waals surface area contributed by atoms with Crippen LogP contribution in [-0.4, -0.2) is 22.5 Å². The molecule has 0 aliphatic carbocycles. The Morgan fingerprint density at radius 2 is 2.27 bits per heavy atom. The number of hydrogen-bond acceptors (Lipinski definition) is 4. The highest BCUT2D eigenvalue weighted by atomic mass is 16.6. The maximum atomic E-state index is 11.3. The Bertz CT molecular complexity index is 403. The van der Waals surface area contributed by atoms with Gasteiger partial charge in [0.2, 0.25) is 0 Å². The van der Waals surface area contributed by atoms with Crippen LogP contribution in [0, 0.1) is 10.1 Å². The fraction of sp³-hybridized carbons (Fsp3) is 0.222. The van der Waals surface area contributed by atoms with Gasteiger partial charge in [0.1, 0.15) is 0 Å². The average Bonchev–Trinajstić information content (AvgIpc) is 2.18. The maximum absolute atomic E-state index is 11.3. The molecule has 0 saturated heterocycles. The fourth-order valence-corrected chi connectivity index (χ4v) is 1.07. The van der Waals surface area contributed by atoms with Crippen LogP contribution in [0.3, 0.4) is 0 Å². The van der Waals surface area contributed by atoms with Gasteiger partial charge < -0.3 is 10.4 Å². The lowest BCUT2D eigenvalue weighted by molar-refractivity contribution is -0.385. The topological polar surface area (TPSA) is 92.5 Å². The minimum atomic E-state index is -0.738. The van der Waals surface area contributed by atoms with Gasteiger partial charge in [-0.15, -0.1) is 0 Å². The van der Waals surface area contributed by atoms with Gasteiger partial charge >= 0.3 is 5.69 Å². The first-order valence-corrected chi connectivity index (χ1v) is 4.32. The molecule has 0 saturated carbocycles. The van der Waals surface area contributed by atoms with Crippen molar-refractivity contribution in [3.8, 4) is 5.75 Å². The summed E-state index contributed by atoms with van der Waals surface area (Å²) in [4.78, 5) is 21.0. The number of amides is 1. The minimum absolute atomic E-state index is 0.154. The number of phenols is 1. The van der Waals surface area contributed by atoms with Gasteiger partial charge in [0.05, 0.1) is 4.92 Å². The van der Waals surface area contributed by atoms with E-state index in [4.69, 9.17) is 5.11 Å². The number of carbonyl (C=O) groups excluding carboxylic acids is 1. The molecule has 2 N–H and O–H groups in total. The SMILES string of the molecule is CCNC(=O)c1ccc(O)c([N+](=O)[O-])c1. The summed E-state index contributed by atoms with van der Waals surface area (Å²) >= 11 is 0. The van der Waals surface area contributed by atoms with Crippen molar-refractivity contribution < 1.29 is 14.8 Å². The second kappa shape index (κ2) is 4.41. The summed E-state index contributed by atoms with van der Waals surface area (Å²) in [6.45, 7) is 2.18. The quantitative estimate of drug-likeness (QED) is 0.576. The zero-order valence-corrected chi connectivity index (χ0v) is 8.06. The minimum Gasteiger partial charge on any atom is -0.502 e. The summed E-state index contributed by atoms with van der Waals surface area (Å²) in [7, 11) is 0. The number of hydrogen-bond donors (Lipinski definition) is 2. The summed E-state index contributed by atoms with van der Waals surface area (Å²) in [5.74, 6) is -0.853. The molecule has 0 radical (unpaired) electrons. The van der Waals surface area contributed by atoms with Gasteiger partial charge in [-0.1, -0.05) is 0 Å². The highest BCUT2D eigenvalue weighted by Gasteiger charge is 2.16. The number of nitro benzene ring substituents is 1. The van der Waals surface area contributed by atoms with Crippen LogP contribution in [0.4, 0.5) is 5.69 Å². The van der Waals surface area contributed by atoms with Gasteiger partial charge in [0, 0.05) is 18.2 Å². The van der Waals surface area contributed by atoms with Crippen molar-refractivity contribution in [1.82, 2.24) is 5.32 Å². The zero-order valence-electron chi connectivity index (χ0n) is 8.06. The first kappa shape index (κ1) is 11.0. The number of carbonyl (C=O) groups is 1. The van der Waals surface area contributed by atoms with Crippen molar-refractivity contribution in [2.75, 3.05) is 6.54 Å². The third-order valence-corrected chi connectivity index (χ3v) is 1.77. The van der Waals surface area contributed by atoms with Gasteiger partial charge in [0.25, 0.3) is 5.91 Å². The monoisotopic (exact) mass is 210 g/mol. The molecular formula is C9H10N2O4. The molecule has 0 fully saturated rings. The van der Waals surface area contributed by atoms with E-state index in [1.165, 1.54) is 6.07 Å². The van der Waals surface area contributed by atoms with Crippen molar-refractivity contribution in [2.24, 2.45) is 0 Å². The van der Waals surface area contributed by atoms with E-state index in [0.29, 0.717) is 6.54 Å². The molecular weight excluding hydrogens is 200 g/mol. The van der Waals surface area contributed by atoms with Gasteiger partial charge in [-0.25, -0.2) is 0 Å². The summed E-state index contributed by atoms with van der Waals surface area (Å²) in [5.41, 5.74) is -0.319. The number of aromatic hydroxyl groups is 1. The predicted molar refractivity (Wildman–Crippen MR) is 52.8 cm³/mol. The first-order valence-electron chi connectivity index (χ1n) is 4.32. The van der Waals surface area contributed by atoms with E-state index in [9.17, 15) is 14.9 Å². The molecule has 0 unspecified atom stereocenters. The van der Waals surface area contributed by atoms with Gasteiger partial charge in [-0.05, 0) is 19.1 Å². The Labute approximate surface area is 85.7 Å². The van der Waals surface area contributed by atoms with E-state index in [1.807, 2.05) is 0 Å². The van der Waals surface area contributed by atoms with E-state index in [-0.39, 0.29) is 5.56 Å². The number of nitrogens with zero attached hydrogens (tertiary/aromatic N) is 1. The van der Waals surface area contributed by atoms with Crippen molar-refractivity contribution in [2.45, 2.75) is 6.92 Å². The van der Waals surface area contributed by atoms with Crippen molar-refractivity contribution in [1.29, 1.82) is 0 Å². The molecule has 0 aliphatic heterocycles. The van der Waals surface area contributed by atoms with Crippen LogP contribution in [0.1, 0.15) is 17.3 Å². The molecule has 1 amide bonds. The summed E-state index contributed by atoms with van der Waals surface area (Å²) in [6.07, 6.45) is 0. The summed E-state index contributed by atoms with van der Waals surface area (Å²) < 4.78 is 0. The van der Waals surface area contributed by atoms with Crippen LogP contribution in [0.15, 0.2) is 18.2 Å². The lowest BCUT2D eigenvalue weighted by Gasteiger charge is -2.02. The standard InChI is InChI=1S/C9H10N2O4/c1-2-10-9(13)6-3-4-8(12)7(5-6)11(14)15/h3-5,12H,2H2,1H3,(H,10,13). The van der Waals surface area contributed by atoms with E-state index >= 15 is 0 Å². The molecule has 1 rings (SSSR count). The van der Waals surface area contributed by atoms with Crippen LogP contribution in [0.5, 0.6) is 5.75 Å². The predicted octanol–water partition coefficient (Wildman–Crippen LogP) is 1.05. The van der Waals surface area contributed by atoms with E-state index in [1.54, 1.807) is 6.92 Å². The molecule has 0 aromatic heterocycles. The van der Waals surface area contributed by atoms with E-state index < -0.39 is 22.3 Å². The molecule has 0 heterocycles. The maximum Gasteiger partial charge on any atom is 0.311 e. The van der Waals surface area contributed by atoms with Gasteiger partial charge in [-0.3, -0.25) is 14.9 Å². The molecule has 0 aliphatic rings. The molecule has 0 atom stereocenters. The molecule has 6 nitrogen and oxygen atoms in total. The van der Waals surface area contributed by atoms with Gasteiger partial charge in [-0.2, -0.15) is 0 Å². The second-order valence-corrected chi connectivity index (χ2v) is 2.82. The zero-order chi connectivity index (χ0) is 11.4. The number of benzene rings is 1. The Balaban J connectivity index is 3.07. The Kier molecular flexibility index (Phi) is 3.22. The van der Waals surface area contributed by atoms with Crippen LogP contribution in [0.2, 0.25) is 0 Å². The van der Waals surface area contributed by atoms with Crippen LogP contribution < -0.4 is 5.32 Å². The van der Waals surface area contributed by atoms with Gasteiger partial charge in [0.15, 0.2) is 5.75 Å². The van der Waals surface area contributed by atoms with Crippen LogP contribution in [-0.2, 0) is 0 Å². The summed E-state index contributed by atoms with van der Waals surface area (Å²) in [6, 6.07) is 3.50. The fourth-order valence-electron chi connectivity index (χ4n) is 1.07. The Hall–Kier alpha value is -2.11. The number of phenolic OH excluding ortho intramolecular Hbond substituents is 1. The molecule has 0 bridgehead atoms. The third-order valence-electron chi connectivity index (χ3n) is 1.77. The lowest BCUT2D eigenvalue weighted by atomic mass is 10.2. The molecule has 0 spiro atoms. The average molecular weight is 210 g/mol. The van der Waals surface area contributed by atoms with Crippen LogP contribution >= 0.6 is 0 Å². The van der Waals surface area contributed by atoms with Crippen molar-refractivity contribution in [3.63, 3.8) is 0 Å². The van der Waals surface area contributed by atoms with Crippen molar-refractivity contribution >= 4 is 11.6 Å². The second-order valence-electron chi connectivity index (χ2n) is 2.82. The van der Waals surface area contributed by atoms with E-state index in [2.05, 4.69) is 5.32 Å². The molecule has 1 aromatic carbocycles. The smallest absolute Gasteiger partial charge is 0.311 e. The molecule has 6 heteroatoms. The molecule has 15 heavy (non-hydrogen) atoms. The number of nitrogens with one attached hydrogen (secondary N) is 1. The number of nitro groups is 1. The highest BCUT2D eigenvalue weighted by molar-refractivity contribution is 5.95. The molecule has 1 aromatic rings. The Morgan fingerprint density at radius 1 is 1.60 bits per heavy atom. The lowest BCUT2D eigenvalue weighted by Crippen LogP contribution is -2.22. The summed E-state index contributed by atoms with van der Waals surface area (Å²) in [5, 5.41) is 22.1. The Morgan fingerprint density at radius 3 is 2.80 bits per heavy atom.